The molecule has 3 aromatic carbocycles. The van der Waals surface area contributed by atoms with Gasteiger partial charge in [-0.05, 0) is 47.0 Å². The first-order valence-corrected chi connectivity index (χ1v) is 13.9. The molecule has 1 atom stereocenters. The molecule has 0 aromatic heterocycles. The summed E-state index contributed by atoms with van der Waals surface area (Å²) in [6.07, 6.45) is -1.56. The standard InChI is InChI=1S/C33H34F3N3O4/c1-24(40)37-18-20-38(21-19-37)29-15-10-27(11-16-29)23-39(30(32(42)43-2)22-26-6-4-3-5-7-26)31(41)17-12-25-8-13-28(14-9-25)33(34,35)36/h3-17,30H,18-23H2,1-2H3/b17-12+/t30-/m0/s1. The van der Waals surface area contributed by atoms with Crippen LogP contribution in [0.25, 0.3) is 6.08 Å². The van der Waals surface area contributed by atoms with Crippen LogP contribution in [0.4, 0.5) is 18.9 Å². The van der Waals surface area contributed by atoms with Gasteiger partial charge in [-0.3, -0.25) is 9.59 Å². The molecule has 1 fully saturated rings. The second-order valence-corrected chi connectivity index (χ2v) is 10.3. The summed E-state index contributed by atoms with van der Waals surface area (Å²) >= 11 is 0. The van der Waals surface area contributed by atoms with E-state index in [1.54, 1.807) is 6.92 Å². The monoisotopic (exact) mass is 593 g/mol. The van der Waals surface area contributed by atoms with Gasteiger partial charge in [0.05, 0.1) is 12.7 Å². The number of carbonyl (C=O) groups is 3. The van der Waals surface area contributed by atoms with Crippen molar-refractivity contribution in [3.63, 3.8) is 0 Å². The highest BCUT2D eigenvalue weighted by atomic mass is 19.4. The van der Waals surface area contributed by atoms with E-state index < -0.39 is 29.7 Å². The van der Waals surface area contributed by atoms with E-state index in [2.05, 4.69) is 4.90 Å². The molecule has 1 aliphatic rings. The van der Waals surface area contributed by atoms with Crippen LogP contribution in [0.2, 0.25) is 0 Å². The first-order valence-electron chi connectivity index (χ1n) is 13.9. The number of amides is 2. The summed E-state index contributed by atoms with van der Waals surface area (Å²) in [6.45, 7) is 4.37. The summed E-state index contributed by atoms with van der Waals surface area (Å²) in [6, 6.07) is 20.5. The fourth-order valence-electron chi connectivity index (χ4n) is 4.97. The summed E-state index contributed by atoms with van der Waals surface area (Å²) in [4.78, 5) is 43.7. The number of halogens is 3. The highest BCUT2D eigenvalue weighted by molar-refractivity contribution is 5.94. The van der Waals surface area contributed by atoms with Crippen molar-refractivity contribution < 1.29 is 32.3 Å². The number of hydrogen-bond acceptors (Lipinski definition) is 5. The second-order valence-electron chi connectivity index (χ2n) is 10.3. The lowest BCUT2D eigenvalue weighted by atomic mass is 10.0. The molecule has 2 amide bonds. The predicted octanol–water partition coefficient (Wildman–Crippen LogP) is 5.20. The Hall–Kier alpha value is -4.60. The summed E-state index contributed by atoms with van der Waals surface area (Å²) in [5.74, 6) is -1.02. The van der Waals surface area contributed by atoms with Crippen molar-refractivity contribution in [3.8, 4) is 0 Å². The van der Waals surface area contributed by atoms with Crippen LogP contribution in [0.3, 0.4) is 0 Å². The summed E-state index contributed by atoms with van der Waals surface area (Å²) in [7, 11) is 1.27. The minimum Gasteiger partial charge on any atom is -0.467 e. The maximum atomic E-state index is 13.6. The Labute approximate surface area is 249 Å². The van der Waals surface area contributed by atoms with Gasteiger partial charge in [-0.2, -0.15) is 13.2 Å². The van der Waals surface area contributed by atoms with Crippen molar-refractivity contribution in [1.29, 1.82) is 0 Å². The van der Waals surface area contributed by atoms with Crippen molar-refractivity contribution in [2.75, 3.05) is 38.2 Å². The number of hydrogen-bond donors (Lipinski definition) is 0. The maximum absolute atomic E-state index is 13.6. The topological polar surface area (TPSA) is 70.2 Å². The zero-order chi connectivity index (χ0) is 31.0. The molecule has 0 bridgehead atoms. The average molecular weight is 594 g/mol. The van der Waals surface area contributed by atoms with Crippen LogP contribution in [0.5, 0.6) is 0 Å². The number of benzene rings is 3. The maximum Gasteiger partial charge on any atom is 0.416 e. The fourth-order valence-corrected chi connectivity index (χ4v) is 4.97. The van der Waals surface area contributed by atoms with Crippen LogP contribution in [-0.2, 0) is 38.3 Å². The molecule has 0 N–H and O–H groups in total. The van der Waals surface area contributed by atoms with Crippen molar-refractivity contribution in [3.05, 3.63) is 107 Å². The molecule has 0 aliphatic carbocycles. The third-order valence-electron chi connectivity index (χ3n) is 7.44. The number of alkyl halides is 3. The van der Waals surface area contributed by atoms with Crippen LogP contribution in [0.15, 0.2) is 84.9 Å². The molecular weight excluding hydrogens is 559 g/mol. The van der Waals surface area contributed by atoms with Crippen LogP contribution in [0.1, 0.15) is 29.2 Å². The van der Waals surface area contributed by atoms with Gasteiger partial charge in [0, 0.05) is 57.8 Å². The van der Waals surface area contributed by atoms with Crippen LogP contribution < -0.4 is 4.90 Å². The van der Waals surface area contributed by atoms with Gasteiger partial charge in [-0.1, -0.05) is 54.6 Å². The van der Waals surface area contributed by atoms with Gasteiger partial charge in [-0.15, -0.1) is 0 Å². The van der Waals surface area contributed by atoms with Gasteiger partial charge >= 0.3 is 12.1 Å². The largest absolute Gasteiger partial charge is 0.467 e. The molecule has 1 aliphatic heterocycles. The number of esters is 1. The lowest BCUT2D eigenvalue weighted by Crippen LogP contribution is -2.48. The van der Waals surface area contributed by atoms with E-state index in [1.165, 1.54) is 36.3 Å². The zero-order valence-electron chi connectivity index (χ0n) is 24.1. The number of rotatable bonds is 9. The average Bonchev–Trinajstić information content (AvgIpc) is 3.01. The molecule has 4 rings (SSSR count). The Balaban J connectivity index is 1.57. The van der Waals surface area contributed by atoms with Crippen LogP contribution in [0, 0.1) is 0 Å². The fraction of sp³-hybridized carbons (Fsp3) is 0.303. The van der Waals surface area contributed by atoms with Gasteiger partial charge in [0.1, 0.15) is 6.04 Å². The van der Waals surface area contributed by atoms with E-state index in [-0.39, 0.29) is 18.9 Å². The Morgan fingerprint density at radius 3 is 2.07 bits per heavy atom. The van der Waals surface area contributed by atoms with Gasteiger partial charge in [0.2, 0.25) is 11.8 Å². The van der Waals surface area contributed by atoms with Crippen LogP contribution >= 0.6 is 0 Å². The second kappa shape index (κ2) is 14.0. The Morgan fingerprint density at radius 1 is 0.884 bits per heavy atom. The molecule has 1 heterocycles. The molecule has 0 unspecified atom stereocenters. The Kier molecular flexibility index (Phi) is 10.2. The number of piperazine rings is 1. The summed E-state index contributed by atoms with van der Waals surface area (Å²) in [5, 5.41) is 0. The molecule has 226 valence electrons. The van der Waals surface area contributed by atoms with Gasteiger partial charge in [0.25, 0.3) is 0 Å². The minimum absolute atomic E-state index is 0.0581. The first-order chi connectivity index (χ1) is 20.5. The van der Waals surface area contributed by atoms with Gasteiger partial charge in [-0.25, -0.2) is 4.79 Å². The van der Waals surface area contributed by atoms with E-state index in [0.717, 1.165) is 28.9 Å². The van der Waals surface area contributed by atoms with Crippen molar-refractivity contribution in [2.45, 2.75) is 32.1 Å². The molecule has 3 aromatic rings. The number of nitrogens with zero attached hydrogens (tertiary/aromatic N) is 3. The number of anilines is 1. The molecule has 0 radical (unpaired) electrons. The third-order valence-corrected chi connectivity index (χ3v) is 7.44. The quantitative estimate of drug-likeness (QED) is 0.252. The molecule has 1 saturated heterocycles. The highest BCUT2D eigenvalue weighted by Gasteiger charge is 2.31. The van der Waals surface area contributed by atoms with Crippen LogP contribution in [-0.4, -0.2) is 66.9 Å². The highest BCUT2D eigenvalue weighted by Crippen LogP contribution is 2.29. The number of ether oxygens (including phenoxy) is 1. The molecular formula is C33H34F3N3O4. The molecule has 7 nitrogen and oxygen atoms in total. The normalized spacial score (nSPS) is 14.4. The summed E-state index contributed by atoms with van der Waals surface area (Å²) in [5.41, 5.74) is 2.23. The summed E-state index contributed by atoms with van der Waals surface area (Å²) < 4.78 is 44.0. The smallest absolute Gasteiger partial charge is 0.416 e. The SMILES string of the molecule is COC(=O)[C@H](Cc1ccccc1)N(Cc1ccc(N2CCN(C(C)=O)CC2)cc1)C(=O)/C=C/c1ccc(C(F)(F)F)cc1. The molecule has 43 heavy (non-hydrogen) atoms. The Bertz CT molecular complexity index is 1420. The molecule has 10 heteroatoms. The van der Waals surface area contributed by atoms with Gasteiger partial charge < -0.3 is 19.4 Å². The lowest BCUT2D eigenvalue weighted by Gasteiger charge is -2.35. The third kappa shape index (κ3) is 8.47. The predicted molar refractivity (Wildman–Crippen MR) is 158 cm³/mol. The van der Waals surface area contributed by atoms with Crippen molar-refractivity contribution in [2.24, 2.45) is 0 Å². The molecule has 0 spiro atoms. The van der Waals surface area contributed by atoms with E-state index in [1.807, 2.05) is 59.5 Å². The van der Waals surface area contributed by atoms with E-state index >= 15 is 0 Å². The van der Waals surface area contributed by atoms with E-state index in [0.29, 0.717) is 31.7 Å². The first kappa shape index (κ1) is 31.3. The number of methoxy groups -OCH3 is 1. The Morgan fingerprint density at radius 2 is 1.51 bits per heavy atom. The minimum atomic E-state index is -4.46. The van der Waals surface area contributed by atoms with E-state index in [4.69, 9.17) is 4.74 Å². The lowest BCUT2D eigenvalue weighted by molar-refractivity contribution is -0.151. The molecule has 0 saturated carbocycles. The van der Waals surface area contributed by atoms with Crippen molar-refractivity contribution >= 4 is 29.5 Å². The van der Waals surface area contributed by atoms with Gasteiger partial charge in [0.15, 0.2) is 0 Å². The zero-order valence-corrected chi connectivity index (χ0v) is 24.1. The number of carbonyl (C=O) groups excluding carboxylic acids is 3. The van der Waals surface area contributed by atoms with E-state index in [9.17, 15) is 27.6 Å². The van der Waals surface area contributed by atoms with Crippen molar-refractivity contribution in [1.82, 2.24) is 9.80 Å².